The lowest BCUT2D eigenvalue weighted by atomic mass is 10.1. The molecule has 0 saturated carbocycles. The molecule has 2 aromatic heterocycles. The Labute approximate surface area is 143 Å². The van der Waals surface area contributed by atoms with Gasteiger partial charge in [-0.3, -0.25) is 20.0 Å². The van der Waals surface area contributed by atoms with Crippen molar-refractivity contribution in [2.75, 3.05) is 5.32 Å². The Morgan fingerprint density at radius 2 is 2.04 bits per heavy atom. The lowest BCUT2D eigenvalue weighted by Crippen LogP contribution is -2.52. The number of hydrogen-bond donors (Lipinski definition) is 2. The number of aromatic nitrogens is 1. The highest BCUT2D eigenvalue weighted by Crippen LogP contribution is 2.32. The molecule has 0 radical (unpaired) electrons. The standard InChI is InChI=1S/C18H14N4O3/c23-17(12-5-3-9-19-11-12)21-22-16(15-8-4-10-25-15)20-14-7-2-1-6-13(14)18(22)24/h1-11,16,20H,(H,21,23). The van der Waals surface area contributed by atoms with Crippen LogP contribution >= 0.6 is 0 Å². The number of nitrogens with one attached hydrogen (secondary N) is 2. The summed E-state index contributed by atoms with van der Waals surface area (Å²) in [5.41, 5.74) is 4.15. The molecule has 0 spiro atoms. The summed E-state index contributed by atoms with van der Waals surface area (Å²) >= 11 is 0. The number of carbonyl (C=O) groups excluding carboxylic acids is 2. The molecule has 7 nitrogen and oxygen atoms in total. The molecule has 1 aliphatic heterocycles. The average molecular weight is 334 g/mol. The van der Waals surface area contributed by atoms with E-state index >= 15 is 0 Å². The lowest BCUT2D eigenvalue weighted by Gasteiger charge is -2.36. The summed E-state index contributed by atoms with van der Waals surface area (Å²) in [6.45, 7) is 0. The fourth-order valence-electron chi connectivity index (χ4n) is 2.69. The number of fused-ring (bicyclic) bond motifs is 1. The van der Waals surface area contributed by atoms with Gasteiger partial charge in [0.1, 0.15) is 5.76 Å². The predicted octanol–water partition coefficient (Wildman–Crippen LogP) is 2.59. The number of hydrazine groups is 1. The topological polar surface area (TPSA) is 87.5 Å². The fraction of sp³-hybridized carbons (Fsp3) is 0.0556. The molecule has 1 aromatic carbocycles. The third kappa shape index (κ3) is 2.72. The van der Waals surface area contributed by atoms with Crippen molar-refractivity contribution in [3.8, 4) is 0 Å². The minimum Gasteiger partial charge on any atom is -0.465 e. The number of pyridine rings is 1. The Bertz CT molecular complexity index is 909. The maximum absolute atomic E-state index is 12.9. The van der Waals surface area contributed by atoms with Gasteiger partial charge in [0.15, 0.2) is 6.17 Å². The Morgan fingerprint density at radius 3 is 2.80 bits per heavy atom. The zero-order valence-electron chi connectivity index (χ0n) is 13.0. The number of hydrogen-bond acceptors (Lipinski definition) is 5. The summed E-state index contributed by atoms with van der Waals surface area (Å²) < 4.78 is 5.43. The number of anilines is 1. The summed E-state index contributed by atoms with van der Waals surface area (Å²) in [6, 6.07) is 13.9. The molecule has 124 valence electrons. The third-order valence-corrected chi connectivity index (χ3v) is 3.89. The number of furan rings is 1. The van der Waals surface area contributed by atoms with Gasteiger partial charge in [0.25, 0.3) is 11.8 Å². The quantitative estimate of drug-likeness (QED) is 0.769. The van der Waals surface area contributed by atoms with Crippen LogP contribution in [0.4, 0.5) is 5.69 Å². The largest absolute Gasteiger partial charge is 0.465 e. The van der Waals surface area contributed by atoms with Crippen LogP contribution in [0.1, 0.15) is 32.6 Å². The first-order chi connectivity index (χ1) is 12.2. The monoisotopic (exact) mass is 334 g/mol. The molecule has 0 aliphatic carbocycles. The van der Waals surface area contributed by atoms with Crippen molar-refractivity contribution >= 4 is 17.5 Å². The van der Waals surface area contributed by atoms with E-state index in [1.165, 1.54) is 17.5 Å². The van der Waals surface area contributed by atoms with E-state index in [0.29, 0.717) is 22.6 Å². The van der Waals surface area contributed by atoms with E-state index in [1.807, 2.05) is 12.1 Å². The van der Waals surface area contributed by atoms with Gasteiger partial charge in [-0.05, 0) is 36.4 Å². The summed E-state index contributed by atoms with van der Waals surface area (Å²) in [5, 5.41) is 4.45. The van der Waals surface area contributed by atoms with Crippen molar-refractivity contribution in [2.45, 2.75) is 6.17 Å². The molecule has 2 N–H and O–H groups in total. The van der Waals surface area contributed by atoms with Crippen LogP contribution in [0, 0.1) is 0 Å². The Balaban J connectivity index is 1.70. The first-order valence-electron chi connectivity index (χ1n) is 7.67. The second kappa shape index (κ2) is 6.12. The van der Waals surface area contributed by atoms with E-state index in [4.69, 9.17) is 4.42 Å². The zero-order valence-corrected chi connectivity index (χ0v) is 13.0. The average Bonchev–Trinajstić information content (AvgIpc) is 3.19. The Morgan fingerprint density at radius 1 is 1.16 bits per heavy atom. The fourth-order valence-corrected chi connectivity index (χ4v) is 2.69. The van der Waals surface area contributed by atoms with E-state index < -0.39 is 12.1 Å². The molecule has 0 fully saturated rings. The molecule has 25 heavy (non-hydrogen) atoms. The van der Waals surface area contributed by atoms with Gasteiger partial charge in [-0.15, -0.1) is 0 Å². The molecule has 0 saturated heterocycles. The molecule has 3 aromatic rings. The van der Waals surface area contributed by atoms with Gasteiger partial charge in [0, 0.05) is 18.1 Å². The first kappa shape index (κ1) is 14.9. The number of nitrogens with zero attached hydrogens (tertiary/aromatic N) is 2. The van der Waals surface area contributed by atoms with Crippen molar-refractivity contribution < 1.29 is 14.0 Å². The maximum Gasteiger partial charge on any atom is 0.276 e. The summed E-state index contributed by atoms with van der Waals surface area (Å²) in [5.74, 6) is -0.249. The van der Waals surface area contributed by atoms with Crippen LogP contribution in [0.25, 0.3) is 0 Å². The second-order valence-electron chi connectivity index (χ2n) is 5.47. The van der Waals surface area contributed by atoms with Crippen molar-refractivity contribution in [1.82, 2.24) is 15.4 Å². The molecule has 7 heteroatoms. The smallest absolute Gasteiger partial charge is 0.276 e. The molecule has 3 heterocycles. The van der Waals surface area contributed by atoms with Crippen LogP contribution < -0.4 is 10.7 Å². The van der Waals surface area contributed by atoms with E-state index in [-0.39, 0.29) is 5.91 Å². The highest BCUT2D eigenvalue weighted by Gasteiger charge is 2.35. The minimum atomic E-state index is -0.655. The normalized spacial score (nSPS) is 16.1. The number of para-hydroxylation sites is 1. The van der Waals surface area contributed by atoms with Crippen molar-refractivity contribution in [3.63, 3.8) is 0 Å². The van der Waals surface area contributed by atoms with Gasteiger partial charge in [-0.1, -0.05) is 12.1 Å². The second-order valence-corrected chi connectivity index (χ2v) is 5.47. The molecule has 1 unspecified atom stereocenters. The van der Waals surface area contributed by atoms with Gasteiger partial charge in [0.05, 0.1) is 17.4 Å². The van der Waals surface area contributed by atoms with E-state index in [9.17, 15) is 9.59 Å². The molecule has 1 aliphatic rings. The van der Waals surface area contributed by atoms with Crippen LogP contribution in [0.3, 0.4) is 0 Å². The Hall–Kier alpha value is -3.61. The Kier molecular flexibility index (Phi) is 3.66. The molecular formula is C18H14N4O3. The summed E-state index contributed by atoms with van der Waals surface area (Å²) in [6.07, 6.45) is 3.88. The highest BCUT2D eigenvalue weighted by atomic mass is 16.3. The summed E-state index contributed by atoms with van der Waals surface area (Å²) in [4.78, 5) is 29.3. The maximum atomic E-state index is 12.9. The van der Waals surface area contributed by atoms with Crippen LogP contribution in [-0.2, 0) is 0 Å². The van der Waals surface area contributed by atoms with Gasteiger partial charge < -0.3 is 9.73 Å². The van der Waals surface area contributed by atoms with E-state index in [1.54, 1.807) is 42.6 Å². The van der Waals surface area contributed by atoms with E-state index in [0.717, 1.165) is 0 Å². The van der Waals surface area contributed by atoms with Gasteiger partial charge >= 0.3 is 0 Å². The number of amides is 2. The van der Waals surface area contributed by atoms with Gasteiger partial charge in [0.2, 0.25) is 0 Å². The number of benzene rings is 1. The lowest BCUT2D eigenvalue weighted by molar-refractivity contribution is 0.0467. The third-order valence-electron chi connectivity index (χ3n) is 3.89. The summed E-state index contributed by atoms with van der Waals surface area (Å²) in [7, 11) is 0. The number of rotatable bonds is 3. The van der Waals surface area contributed by atoms with Crippen molar-refractivity contribution in [2.24, 2.45) is 0 Å². The molecule has 4 rings (SSSR count). The van der Waals surface area contributed by atoms with Crippen LogP contribution in [0.5, 0.6) is 0 Å². The van der Waals surface area contributed by atoms with Crippen molar-refractivity contribution in [1.29, 1.82) is 0 Å². The molecule has 1 atom stereocenters. The first-order valence-corrected chi connectivity index (χ1v) is 7.67. The molecular weight excluding hydrogens is 320 g/mol. The van der Waals surface area contributed by atoms with E-state index in [2.05, 4.69) is 15.7 Å². The highest BCUT2D eigenvalue weighted by molar-refractivity contribution is 6.03. The number of carbonyl (C=O) groups is 2. The minimum absolute atomic E-state index is 0.326. The molecule has 2 amide bonds. The van der Waals surface area contributed by atoms with Crippen molar-refractivity contribution in [3.05, 3.63) is 84.1 Å². The van der Waals surface area contributed by atoms with Crippen LogP contribution in [-0.4, -0.2) is 21.8 Å². The zero-order chi connectivity index (χ0) is 17.2. The van der Waals surface area contributed by atoms with Crippen LogP contribution in [0.2, 0.25) is 0 Å². The SMILES string of the molecule is O=C(NN1C(=O)c2ccccc2NC1c1ccco1)c1cccnc1. The molecule has 0 bridgehead atoms. The van der Waals surface area contributed by atoms with Gasteiger partial charge in [-0.25, -0.2) is 5.01 Å². The van der Waals surface area contributed by atoms with Crippen LogP contribution in [0.15, 0.2) is 71.6 Å². The predicted molar refractivity (Wildman–Crippen MR) is 89.4 cm³/mol. The van der Waals surface area contributed by atoms with Gasteiger partial charge in [-0.2, -0.15) is 0 Å².